The van der Waals surface area contributed by atoms with Gasteiger partial charge in [0.15, 0.2) is 0 Å². The smallest absolute Gasteiger partial charge is 0.410 e. The van der Waals surface area contributed by atoms with Gasteiger partial charge in [-0.15, -0.1) is 0 Å². The molecule has 0 unspecified atom stereocenters. The largest absolute Gasteiger partial charge is 0.444 e. The van der Waals surface area contributed by atoms with Crippen LogP contribution in [0.15, 0.2) is 30.3 Å². The molecule has 2 amide bonds. The molecule has 1 aliphatic heterocycles. The SMILES string of the molecule is CC(C)(C)OC(=O)N1CCC[C@H]1C(=O)N[C@@H](CO)c1ccccc1. The summed E-state index contributed by atoms with van der Waals surface area (Å²) in [5.41, 5.74) is 0.230. The number of hydrogen-bond donors (Lipinski definition) is 2. The molecule has 0 bridgehead atoms. The second-order valence-corrected chi connectivity index (χ2v) is 6.99. The maximum Gasteiger partial charge on any atom is 0.410 e. The average molecular weight is 334 g/mol. The average Bonchev–Trinajstić information content (AvgIpc) is 3.01. The van der Waals surface area contributed by atoms with Crippen LogP contribution in [0.2, 0.25) is 0 Å². The normalized spacial score (nSPS) is 19.0. The summed E-state index contributed by atoms with van der Waals surface area (Å²) >= 11 is 0. The fourth-order valence-electron chi connectivity index (χ4n) is 2.77. The summed E-state index contributed by atoms with van der Waals surface area (Å²) in [5, 5.41) is 12.4. The van der Waals surface area contributed by atoms with Crippen molar-refractivity contribution in [3.63, 3.8) is 0 Å². The first kappa shape index (κ1) is 18.3. The van der Waals surface area contributed by atoms with Gasteiger partial charge in [0, 0.05) is 6.54 Å². The summed E-state index contributed by atoms with van der Waals surface area (Å²) in [7, 11) is 0. The molecule has 2 N–H and O–H groups in total. The van der Waals surface area contributed by atoms with E-state index in [0.29, 0.717) is 13.0 Å². The summed E-state index contributed by atoms with van der Waals surface area (Å²) in [6.07, 6.45) is 0.880. The number of hydrogen-bond acceptors (Lipinski definition) is 4. The topological polar surface area (TPSA) is 78.9 Å². The van der Waals surface area contributed by atoms with Crippen molar-refractivity contribution in [3.05, 3.63) is 35.9 Å². The Balaban J connectivity index is 2.03. The van der Waals surface area contributed by atoms with Gasteiger partial charge >= 0.3 is 6.09 Å². The van der Waals surface area contributed by atoms with E-state index >= 15 is 0 Å². The molecule has 24 heavy (non-hydrogen) atoms. The van der Waals surface area contributed by atoms with E-state index in [-0.39, 0.29) is 12.5 Å². The van der Waals surface area contributed by atoms with Crippen molar-refractivity contribution in [1.82, 2.24) is 10.2 Å². The van der Waals surface area contributed by atoms with Gasteiger partial charge in [-0.05, 0) is 39.2 Å². The molecule has 1 aromatic carbocycles. The number of rotatable bonds is 4. The van der Waals surface area contributed by atoms with Crippen LogP contribution >= 0.6 is 0 Å². The molecule has 2 atom stereocenters. The summed E-state index contributed by atoms with van der Waals surface area (Å²) in [6.45, 7) is 5.70. The van der Waals surface area contributed by atoms with Crippen LogP contribution in [0.3, 0.4) is 0 Å². The van der Waals surface area contributed by atoms with Gasteiger partial charge in [0.05, 0.1) is 12.6 Å². The molecule has 0 radical (unpaired) electrons. The predicted molar refractivity (Wildman–Crippen MR) is 90.4 cm³/mol. The first-order valence-electron chi connectivity index (χ1n) is 8.27. The molecule has 1 fully saturated rings. The van der Waals surface area contributed by atoms with Crippen molar-refractivity contribution in [1.29, 1.82) is 0 Å². The monoisotopic (exact) mass is 334 g/mol. The van der Waals surface area contributed by atoms with E-state index in [1.807, 2.05) is 30.3 Å². The molecule has 1 aliphatic rings. The predicted octanol–water partition coefficient (Wildman–Crippen LogP) is 2.24. The van der Waals surface area contributed by atoms with Gasteiger partial charge in [-0.1, -0.05) is 30.3 Å². The fourth-order valence-corrected chi connectivity index (χ4v) is 2.77. The molecule has 1 saturated heterocycles. The molecule has 2 rings (SSSR count). The van der Waals surface area contributed by atoms with Crippen LogP contribution in [0.1, 0.15) is 45.2 Å². The lowest BCUT2D eigenvalue weighted by molar-refractivity contribution is -0.126. The third-order valence-corrected chi connectivity index (χ3v) is 3.88. The van der Waals surface area contributed by atoms with Crippen molar-refractivity contribution >= 4 is 12.0 Å². The van der Waals surface area contributed by atoms with Gasteiger partial charge in [-0.25, -0.2) is 4.79 Å². The van der Waals surface area contributed by atoms with Crippen molar-refractivity contribution in [3.8, 4) is 0 Å². The lowest BCUT2D eigenvalue weighted by atomic mass is 10.1. The Morgan fingerprint density at radius 3 is 2.58 bits per heavy atom. The van der Waals surface area contributed by atoms with Crippen LogP contribution in [0.4, 0.5) is 4.79 Å². The van der Waals surface area contributed by atoms with E-state index in [9.17, 15) is 14.7 Å². The highest BCUT2D eigenvalue weighted by Gasteiger charge is 2.37. The molecule has 6 nitrogen and oxygen atoms in total. The number of nitrogens with zero attached hydrogens (tertiary/aromatic N) is 1. The molecule has 1 heterocycles. The highest BCUT2D eigenvalue weighted by molar-refractivity contribution is 5.86. The summed E-state index contributed by atoms with van der Waals surface area (Å²) in [4.78, 5) is 26.3. The highest BCUT2D eigenvalue weighted by atomic mass is 16.6. The second kappa shape index (κ2) is 7.66. The third-order valence-electron chi connectivity index (χ3n) is 3.88. The zero-order valence-corrected chi connectivity index (χ0v) is 14.5. The number of carbonyl (C=O) groups is 2. The molecule has 6 heteroatoms. The number of ether oxygens (including phenoxy) is 1. The molecule has 1 aromatic rings. The number of benzene rings is 1. The minimum absolute atomic E-state index is 0.199. The van der Waals surface area contributed by atoms with E-state index < -0.39 is 23.8 Å². The Kier molecular flexibility index (Phi) is 5.83. The quantitative estimate of drug-likeness (QED) is 0.885. The number of likely N-dealkylation sites (tertiary alicyclic amines) is 1. The summed E-state index contributed by atoms with van der Waals surface area (Å²) in [5.74, 6) is -0.263. The van der Waals surface area contributed by atoms with Gasteiger partial charge in [-0.2, -0.15) is 0 Å². The van der Waals surface area contributed by atoms with Gasteiger partial charge in [0.25, 0.3) is 0 Å². The van der Waals surface area contributed by atoms with Crippen molar-refractivity contribution < 1.29 is 19.4 Å². The van der Waals surface area contributed by atoms with Crippen LogP contribution in [0.25, 0.3) is 0 Å². The lowest BCUT2D eigenvalue weighted by Crippen LogP contribution is -2.48. The minimum Gasteiger partial charge on any atom is -0.444 e. The summed E-state index contributed by atoms with van der Waals surface area (Å²) < 4.78 is 5.38. The van der Waals surface area contributed by atoms with Crippen LogP contribution in [-0.4, -0.2) is 46.8 Å². The maximum atomic E-state index is 12.6. The molecule has 0 spiro atoms. The zero-order valence-electron chi connectivity index (χ0n) is 14.5. The molecule has 0 aliphatic carbocycles. The Bertz CT molecular complexity index is 568. The minimum atomic E-state index is -0.599. The van der Waals surface area contributed by atoms with Crippen molar-refractivity contribution in [2.45, 2.75) is 51.3 Å². The van der Waals surface area contributed by atoms with Gasteiger partial charge < -0.3 is 15.2 Å². The molecule has 0 aromatic heterocycles. The van der Waals surface area contributed by atoms with Gasteiger partial charge in [0.2, 0.25) is 5.91 Å². The van der Waals surface area contributed by atoms with Gasteiger partial charge in [-0.3, -0.25) is 9.69 Å². The van der Waals surface area contributed by atoms with Crippen LogP contribution in [0, 0.1) is 0 Å². The van der Waals surface area contributed by atoms with E-state index in [2.05, 4.69) is 5.32 Å². The number of aliphatic hydroxyl groups excluding tert-OH is 1. The molecular weight excluding hydrogens is 308 g/mol. The van der Waals surface area contributed by atoms with Crippen molar-refractivity contribution in [2.75, 3.05) is 13.2 Å². The Labute approximate surface area is 142 Å². The third kappa shape index (κ3) is 4.71. The standard InChI is InChI=1S/C18H26N2O4/c1-18(2,3)24-17(23)20-11-7-10-15(20)16(22)19-14(12-21)13-8-5-4-6-9-13/h4-6,8-9,14-15,21H,7,10-12H2,1-3H3,(H,19,22)/t14-,15-/m0/s1. The number of aliphatic hydroxyl groups is 1. The summed E-state index contributed by atoms with van der Waals surface area (Å²) in [6, 6.07) is 8.24. The molecular formula is C18H26N2O4. The highest BCUT2D eigenvalue weighted by Crippen LogP contribution is 2.22. The zero-order chi connectivity index (χ0) is 17.7. The first-order valence-corrected chi connectivity index (χ1v) is 8.27. The Morgan fingerprint density at radius 1 is 1.33 bits per heavy atom. The fraction of sp³-hybridized carbons (Fsp3) is 0.556. The maximum absolute atomic E-state index is 12.6. The van der Waals surface area contributed by atoms with Crippen molar-refractivity contribution in [2.24, 2.45) is 0 Å². The van der Waals surface area contributed by atoms with Gasteiger partial charge in [0.1, 0.15) is 11.6 Å². The first-order chi connectivity index (χ1) is 11.3. The Hall–Kier alpha value is -2.08. The van der Waals surface area contributed by atoms with E-state index in [4.69, 9.17) is 4.74 Å². The molecule has 132 valence electrons. The van der Waals surface area contributed by atoms with E-state index in [0.717, 1.165) is 12.0 Å². The number of nitrogens with one attached hydrogen (secondary N) is 1. The van der Waals surface area contributed by atoms with Crippen LogP contribution in [-0.2, 0) is 9.53 Å². The second-order valence-electron chi connectivity index (χ2n) is 6.99. The Morgan fingerprint density at radius 2 is 2.00 bits per heavy atom. The van der Waals surface area contributed by atoms with E-state index in [1.165, 1.54) is 4.90 Å². The van der Waals surface area contributed by atoms with E-state index in [1.54, 1.807) is 20.8 Å². The molecule has 0 saturated carbocycles. The number of carbonyl (C=O) groups excluding carboxylic acids is 2. The lowest BCUT2D eigenvalue weighted by Gasteiger charge is -2.29. The van der Waals surface area contributed by atoms with Crippen LogP contribution in [0.5, 0.6) is 0 Å². The number of amides is 2. The van der Waals surface area contributed by atoms with Crippen LogP contribution < -0.4 is 5.32 Å².